The second-order valence-electron chi connectivity index (χ2n) is 5.79. The fraction of sp³-hybridized carbons (Fsp3) is 0.400. The molecule has 5 nitrogen and oxygen atoms in total. The average Bonchev–Trinajstić information content (AvgIpc) is 2.66. The van der Waals surface area contributed by atoms with Gasteiger partial charge in [-0.25, -0.2) is 9.98 Å². The van der Waals surface area contributed by atoms with Crippen LogP contribution in [-0.4, -0.2) is 24.1 Å². The van der Waals surface area contributed by atoms with E-state index in [-0.39, 0.29) is 6.04 Å². The molecule has 2 rings (SSSR count). The Morgan fingerprint density at radius 2 is 1.96 bits per heavy atom. The number of guanidine groups is 1. The van der Waals surface area contributed by atoms with E-state index < -0.39 is 0 Å². The van der Waals surface area contributed by atoms with Crippen LogP contribution in [0.2, 0.25) is 0 Å². The van der Waals surface area contributed by atoms with Crippen LogP contribution < -0.4 is 15.4 Å². The van der Waals surface area contributed by atoms with Crippen molar-refractivity contribution in [2.45, 2.75) is 39.8 Å². The molecular weight excluding hydrogens is 312 g/mol. The number of pyridine rings is 1. The molecule has 0 saturated carbocycles. The largest absolute Gasteiger partial charge is 0.477 e. The zero-order chi connectivity index (χ0) is 17.9. The number of rotatable bonds is 8. The number of benzene rings is 1. The summed E-state index contributed by atoms with van der Waals surface area (Å²) in [4.78, 5) is 9.01. The highest BCUT2D eigenvalue weighted by atomic mass is 16.5. The summed E-state index contributed by atoms with van der Waals surface area (Å²) in [6, 6.07) is 14.4. The smallest absolute Gasteiger partial charge is 0.218 e. The van der Waals surface area contributed by atoms with Crippen molar-refractivity contribution in [3.05, 3.63) is 59.8 Å². The second kappa shape index (κ2) is 10.3. The molecular formula is C20H28N4O. The number of hydrogen-bond donors (Lipinski definition) is 2. The molecule has 0 aliphatic heterocycles. The van der Waals surface area contributed by atoms with E-state index in [0.29, 0.717) is 19.0 Å². The van der Waals surface area contributed by atoms with Gasteiger partial charge >= 0.3 is 0 Å². The molecule has 0 fully saturated rings. The Morgan fingerprint density at radius 3 is 2.68 bits per heavy atom. The lowest BCUT2D eigenvalue weighted by Gasteiger charge is -2.18. The minimum absolute atomic E-state index is 0.170. The predicted octanol–water partition coefficient (Wildman–Crippen LogP) is 3.69. The van der Waals surface area contributed by atoms with Crippen LogP contribution in [0.25, 0.3) is 0 Å². The lowest BCUT2D eigenvalue weighted by atomic mass is 10.1. The van der Waals surface area contributed by atoms with Crippen LogP contribution in [0.5, 0.6) is 5.88 Å². The van der Waals surface area contributed by atoms with Gasteiger partial charge in [-0.1, -0.05) is 43.3 Å². The molecule has 0 amide bonds. The SMILES string of the molecule is CCCOc1ncccc1CN=C(NCC)NC(C)c1ccccc1. The van der Waals surface area contributed by atoms with E-state index >= 15 is 0 Å². The Hall–Kier alpha value is -2.56. The highest BCUT2D eigenvalue weighted by Crippen LogP contribution is 2.16. The third-order valence-corrected chi connectivity index (χ3v) is 3.70. The van der Waals surface area contributed by atoms with Crippen molar-refractivity contribution >= 4 is 5.96 Å². The Kier molecular flexibility index (Phi) is 7.76. The van der Waals surface area contributed by atoms with Gasteiger partial charge < -0.3 is 15.4 Å². The van der Waals surface area contributed by atoms with Gasteiger partial charge in [-0.15, -0.1) is 0 Å². The zero-order valence-electron chi connectivity index (χ0n) is 15.3. The van der Waals surface area contributed by atoms with Gasteiger partial charge in [0.1, 0.15) is 0 Å². The molecule has 1 heterocycles. The van der Waals surface area contributed by atoms with Crippen molar-refractivity contribution in [2.24, 2.45) is 4.99 Å². The molecule has 1 aromatic carbocycles. The molecule has 25 heavy (non-hydrogen) atoms. The van der Waals surface area contributed by atoms with Crippen LogP contribution in [-0.2, 0) is 6.54 Å². The summed E-state index contributed by atoms with van der Waals surface area (Å²) >= 11 is 0. The quantitative estimate of drug-likeness (QED) is 0.568. The van der Waals surface area contributed by atoms with Crippen LogP contribution in [0.3, 0.4) is 0 Å². The van der Waals surface area contributed by atoms with E-state index in [1.165, 1.54) is 5.56 Å². The van der Waals surface area contributed by atoms with E-state index in [4.69, 9.17) is 9.73 Å². The van der Waals surface area contributed by atoms with E-state index in [1.807, 2.05) is 30.3 Å². The van der Waals surface area contributed by atoms with Crippen LogP contribution in [0.15, 0.2) is 53.7 Å². The molecule has 1 aromatic heterocycles. The van der Waals surface area contributed by atoms with Crippen LogP contribution in [0.1, 0.15) is 44.4 Å². The third-order valence-electron chi connectivity index (χ3n) is 3.70. The van der Waals surface area contributed by atoms with Crippen LogP contribution in [0, 0.1) is 0 Å². The molecule has 0 radical (unpaired) electrons. The Balaban J connectivity index is 2.07. The first-order valence-corrected chi connectivity index (χ1v) is 8.91. The summed E-state index contributed by atoms with van der Waals surface area (Å²) in [7, 11) is 0. The molecule has 5 heteroatoms. The fourth-order valence-corrected chi connectivity index (χ4v) is 2.39. The number of nitrogens with one attached hydrogen (secondary N) is 2. The molecule has 0 bridgehead atoms. The standard InChI is InChI=1S/C20H28N4O/c1-4-14-25-19-18(12-9-13-22-19)15-23-20(21-5-2)24-16(3)17-10-7-6-8-11-17/h6-13,16H,4-5,14-15H2,1-3H3,(H2,21,23,24). The zero-order valence-corrected chi connectivity index (χ0v) is 15.3. The highest BCUT2D eigenvalue weighted by molar-refractivity contribution is 5.80. The molecule has 0 aliphatic carbocycles. The van der Waals surface area contributed by atoms with E-state index in [2.05, 4.69) is 48.5 Å². The summed E-state index contributed by atoms with van der Waals surface area (Å²) in [6.45, 7) is 8.26. The van der Waals surface area contributed by atoms with Gasteiger partial charge in [0, 0.05) is 18.3 Å². The third kappa shape index (κ3) is 6.10. The monoisotopic (exact) mass is 340 g/mol. The first kappa shape index (κ1) is 18.8. The van der Waals surface area contributed by atoms with Crippen molar-refractivity contribution in [3.63, 3.8) is 0 Å². The van der Waals surface area contributed by atoms with Gasteiger partial charge in [0.2, 0.25) is 5.88 Å². The summed E-state index contributed by atoms with van der Waals surface area (Å²) in [5, 5.41) is 6.74. The van der Waals surface area contributed by atoms with Crippen molar-refractivity contribution < 1.29 is 4.74 Å². The van der Waals surface area contributed by atoms with E-state index in [1.54, 1.807) is 6.20 Å². The number of aliphatic imine (C=N–C) groups is 1. The first-order valence-electron chi connectivity index (χ1n) is 8.91. The van der Waals surface area contributed by atoms with Crippen molar-refractivity contribution in [2.75, 3.05) is 13.2 Å². The van der Waals surface area contributed by atoms with E-state index in [0.717, 1.165) is 24.5 Å². The van der Waals surface area contributed by atoms with Crippen LogP contribution in [0.4, 0.5) is 0 Å². The highest BCUT2D eigenvalue weighted by Gasteiger charge is 2.08. The normalized spacial score (nSPS) is 12.5. The van der Waals surface area contributed by atoms with E-state index in [9.17, 15) is 0 Å². The van der Waals surface area contributed by atoms with Gasteiger partial charge in [-0.2, -0.15) is 0 Å². The molecule has 0 saturated heterocycles. The lowest BCUT2D eigenvalue weighted by Crippen LogP contribution is -2.38. The fourth-order valence-electron chi connectivity index (χ4n) is 2.39. The second-order valence-corrected chi connectivity index (χ2v) is 5.79. The van der Waals surface area contributed by atoms with Crippen molar-refractivity contribution in [1.82, 2.24) is 15.6 Å². The molecule has 2 aromatic rings. The summed E-state index contributed by atoms with van der Waals surface area (Å²) in [6.07, 6.45) is 2.71. The summed E-state index contributed by atoms with van der Waals surface area (Å²) in [5.41, 5.74) is 2.21. The average molecular weight is 340 g/mol. The van der Waals surface area contributed by atoms with Crippen molar-refractivity contribution in [3.8, 4) is 5.88 Å². The molecule has 1 unspecified atom stereocenters. The van der Waals surface area contributed by atoms with Gasteiger partial charge in [0.15, 0.2) is 5.96 Å². The summed E-state index contributed by atoms with van der Waals surface area (Å²) < 4.78 is 5.71. The van der Waals surface area contributed by atoms with Gasteiger partial charge in [0.25, 0.3) is 0 Å². The Bertz CT molecular complexity index is 658. The van der Waals surface area contributed by atoms with Crippen LogP contribution >= 0.6 is 0 Å². The number of ether oxygens (including phenoxy) is 1. The lowest BCUT2D eigenvalue weighted by molar-refractivity contribution is 0.302. The molecule has 134 valence electrons. The maximum atomic E-state index is 5.71. The van der Waals surface area contributed by atoms with Gasteiger partial charge in [0.05, 0.1) is 19.2 Å². The number of nitrogens with zero attached hydrogens (tertiary/aromatic N) is 2. The number of aromatic nitrogens is 1. The van der Waals surface area contributed by atoms with Crippen molar-refractivity contribution in [1.29, 1.82) is 0 Å². The van der Waals surface area contributed by atoms with Gasteiger partial charge in [-0.05, 0) is 31.9 Å². The minimum atomic E-state index is 0.170. The maximum absolute atomic E-state index is 5.71. The molecule has 2 N–H and O–H groups in total. The minimum Gasteiger partial charge on any atom is -0.477 e. The topological polar surface area (TPSA) is 58.5 Å². The molecule has 0 spiro atoms. The molecule has 0 aliphatic rings. The molecule has 1 atom stereocenters. The predicted molar refractivity (Wildman–Crippen MR) is 103 cm³/mol. The summed E-state index contributed by atoms with van der Waals surface area (Å²) in [5.74, 6) is 1.45. The first-order chi connectivity index (χ1) is 12.2. The van der Waals surface area contributed by atoms with Gasteiger partial charge in [-0.3, -0.25) is 0 Å². The Morgan fingerprint density at radius 1 is 1.16 bits per heavy atom. The Labute approximate surface area is 150 Å². The maximum Gasteiger partial charge on any atom is 0.218 e. The number of hydrogen-bond acceptors (Lipinski definition) is 3.